The summed E-state index contributed by atoms with van der Waals surface area (Å²) in [6, 6.07) is -0.638. The molecule has 0 radical (unpaired) electrons. The van der Waals surface area contributed by atoms with E-state index in [9.17, 15) is 15.0 Å². The summed E-state index contributed by atoms with van der Waals surface area (Å²) in [5.74, 6) is -0.107. The largest absolute Gasteiger partial charge is 0.394 e. The van der Waals surface area contributed by atoms with Crippen LogP contribution in [0.5, 0.6) is 0 Å². The molecule has 0 aromatic rings. The van der Waals surface area contributed by atoms with Crippen LogP contribution in [0.1, 0.15) is 110 Å². The molecule has 2 atom stereocenters. The molecule has 0 aliphatic heterocycles. The minimum atomic E-state index is -0.851. The molecule has 3 N–H and O–H groups in total. The molecule has 0 saturated carbocycles. The number of hydrogen-bond acceptors (Lipinski definition) is 3. The van der Waals surface area contributed by atoms with Gasteiger partial charge >= 0.3 is 0 Å². The minimum Gasteiger partial charge on any atom is -0.394 e. The maximum absolute atomic E-state index is 12.2. The molecule has 4 nitrogen and oxygen atoms in total. The highest BCUT2D eigenvalue weighted by molar-refractivity contribution is 5.76. The van der Waals surface area contributed by atoms with Gasteiger partial charge in [-0.2, -0.15) is 0 Å². The van der Waals surface area contributed by atoms with Gasteiger partial charge in [-0.1, -0.05) is 112 Å². The molecule has 0 heterocycles. The number of rotatable bonds is 24. The zero-order valence-electron chi connectivity index (χ0n) is 23.7. The average Bonchev–Trinajstić information content (AvgIpc) is 2.90. The number of unbranched alkanes of at least 4 members (excludes halogenated alkanes) is 7. The number of carbonyl (C=O) groups excluding carboxylic acids is 1. The number of amides is 1. The number of aliphatic hydroxyl groups excluding tert-OH is 2. The van der Waals surface area contributed by atoms with Crippen LogP contribution in [-0.2, 0) is 4.79 Å². The molecule has 0 spiro atoms. The van der Waals surface area contributed by atoms with Crippen LogP contribution in [0.4, 0.5) is 0 Å². The van der Waals surface area contributed by atoms with E-state index in [1.54, 1.807) is 6.08 Å². The standard InChI is InChI=1S/C33H55NO3/c1-3-5-7-9-11-12-13-14-15-16-17-18-19-20-21-22-23-25-27-29-33(37)34-31(30-35)32(36)28-26-24-10-8-6-4-2/h5,7,11-12,14-15,17-18,20-21,26,28,31-32,35-36H,3-4,6,8-10,13,16,19,22-25,27,29-30H2,1-2H3,(H,34,37)/b7-5-,12-11-,15-14-,18-17-,21-20-,28-26+. The van der Waals surface area contributed by atoms with Crippen LogP contribution in [0.2, 0.25) is 0 Å². The van der Waals surface area contributed by atoms with Crippen molar-refractivity contribution >= 4 is 5.91 Å². The summed E-state index contributed by atoms with van der Waals surface area (Å²) in [5, 5.41) is 22.5. The Kier molecular flexibility index (Phi) is 26.7. The highest BCUT2D eigenvalue weighted by Crippen LogP contribution is 2.07. The molecule has 0 fully saturated rings. The highest BCUT2D eigenvalue weighted by atomic mass is 16.3. The lowest BCUT2D eigenvalue weighted by atomic mass is 10.1. The zero-order chi connectivity index (χ0) is 27.2. The van der Waals surface area contributed by atoms with Gasteiger partial charge in [-0.25, -0.2) is 0 Å². The molecule has 37 heavy (non-hydrogen) atoms. The third-order valence-corrected chi connectivity index (χ3v) is 5.95. The molecule has 0 rings (SSSR count). The Balaban J connectivity index is 3.78. The quantitative estimate of drug-likeness (QED) is 0.0903. The third kappa shape index (κ3) is 25.3. The van der Waals surface area contributed by atoms with Crippen molar-refractivity contribution in [2.45, 2.75) is 122 Å². The smallest absolute Gasteiger partial charge is 0.220 e. The van der Waals surface area contributed by atoms with Crippen molar-refractivity contribution in [1.82, 2.24) is 5.32 Å². The summed E-state index contributed by atoms with van der Waals surface area (Å²) in [6.07, 6.45) is 39.9. The predicted octanol–water partition coefficient (Wildman–Crippen LogP) is 8.05. The second-order valence-electron chi connectivity index (χ2n) is 9.43. The lowest BCUT2D eigenvalue weighted by molar-refractivity contribution is -0.123. The fourth-order valence-corrected chi connectivity index (χ4v) is 3.67. The molecule has 0 saturated heterocycles. The van der Waals surface area contributed by atoms with Crippen LogP contribution in [-0.4, -0.2) is 34.9 Å². The number of nitrogens with one attached hydrogen (secondary N) is 1. The van der Waals surface area contributed by atoms with Crippen LogP contribution in [0.25, 0.3) is 0 Å². The summed E-state index contributed by atoms with van der Waals surface area (Å²) >= 11 is 0. The van der Waals surface area contributed by atoms with Crippen LogP contribution >= 0.6 is 0 Å². The number of allylic oxidation sites excluding steroid dienone is 11. The first kappa shape index (κ1) is 34.8. The Morgan fingerprint density at radius 3 is 1.73 bits per heavy atom. The molecule has 0 aromatic heterocycles. The lowest BCUT2D eigenvalue weighted by Crippen LogP contribution is -2.45. The first-order valence-corrected chi connectivity index (χ1v) is 14.7. The summed E-state index contributed by atoms with van der Waals surface area (Å²) in [6.45, 7) is 4.07. The molecule has 2 unspecified atom stereocenters. The topological polar surface area (TPSA) is 69.6 Å². The van der Waals surface area contributed by atoms with Gasteiger partial charge in [0.1, 0.15) is 0 Å². The van der Waals surface area contributed by atoms with Gasteiger partial charge in [-0.15, -0.1) is 0 Å². The van der Waals surface area contributed by atoms with Crippen molar-refractivity contribution in [2.24, 2.45) is 0 Å². The second-order valence-corrected chi connectivity index (χ2v) is 9.43. The summed E-state index contributed by atoms with van der Waals surface area (Å²) in [7, 11) is 0. The van der Waals surface area contributed by atoms with Crippen molar-refractivity contribution in [3.05, 3.63) is 72.9 Å². The SMILES string of the molecule is CC/C=C\C/C=C\C/C=C\C/C=C\C/C=C\CCCCCC(=O)NC(CO)C(O)/C=C/CCCCCC. The predicted molar refractivity (Wildman–Crippen MR) is 160 cm³/mol. The summed E-state index contributed by atoms with van der Waals surface area (Å²) in [4.78, 5) is 12.2. The Hall–Kier alpha value is -2.17. The van der Waals surface area contributed by atoms with E-state index in [0.29, 0.717) is 6.42 Å². The Bertz CT molecular complexity index is 688. The van der Waals surface area contributed by atoms with Crippen LogP contribution in [0, 0.1) is 0 Å². The first-order valence-electron chi connectivity index (χ1n) is 14.7. The van der Waals surface area contributed by atoms with E-state index in [2.05, 4.69) is 79.9 Å². The Morgan fingerprint density at radius 2 is 1.19 bits per heavy atom. The summed E-state index contributed by atoms with van der Waals surface area (Å²) in [5.41, 5.74) is 0. The molecule has 0 aromatic carbocycles. The molecule has 0 aliphatic carbocycles. The maximum atomic E-state index is 12.2. The van der Waals surface area contributed by atoms with Gasteiger partial charge in [0.2, 0.25) is 5.91 Å². The Morgan fingerprint density at radius 1 is 0.676 bits per heavy atom. The third-order valence-electron chi connectivity index (χ3n) is 5.95. The number of aliphatic hydroxyl groups is 2. The summed E-state index contributed by atoms with van der Waals surface area (Å²) < 4.78 is 0. The monoisotopic (exact) mass is 513 g/mol. The Labute approximate surface area is 228 Å². The zero-order valence-corrected chi connectivity index (χ0v) is 23.7. The minimum absolute atomic E-state index is 0.107. The van der Waals surface area contributed by atoms with E-state index >= 15 is 0 Å². The van der Waals surface area contributed by atoms with Gasteiger partial charge in [0, 0.05) is 6.42 Å². The van der Waals surface area contributed by atoms with Gasteiger partial charge in [0.15, 0.2) is 0 Å². The second kappa shape index (κ2) is 28.4. The van der Waals surface area contributed by atoms with E-state index in [4.69, 9.17) is 0 Å². The number of carbonyl (C=O) groups is 1. The van der Waals surface area contributed by atoms with Crippen molar-refractivity contribution in [1.29, 1.82) is 0 Å². The first-order chi connectivity index (χ1) is 18.2. The molecular weight excluding hydrogens is 458 g/mol. The van der Waals surface area contributed by atoms with Crippen molar-refractivity contribution in [3.8, 4) is 0 Å². The molecule has 0 aliphatic rings. The van der Waals surface area contributed by atoms with Crippen LogP contribution in [0.15, 0.2) is 72.9 Å². The van der Waals surface area contributed by atoms with E-state index < -0.39 is 12.1 Å². The molecular formula is C33H55NO3. The van der Waals surface area contributed by atoms with E-state index in [1.165, 1.54) is 19.3 Å². The maximum Gasteiger partial charge on any atom is 0.220 e. The fraction of sp³-hybridized carbons (Fsp3) is 0.606. The average molecular weight is 514 g/mol. The normalized spacial score (nSPS) is 14.4. The molecule has 1 amide bonds. The van der Waals surface area contributed by atoms with Crippen LogP contribution in [0.3, 0.4) is 0 Å². The van der Waals surface area contributed by atoms with Crippen molar-refractivity contribution in [3.63, 3.8) is 0 Å². The van der Waals surface area contributed by atoms with E-state index in [-0.39, 0.29) is 12.5 Å². The van der Waals surface area contributed by atoms with E-state index in [1.807, 2.05) is 6.08 Å². The number of hydrogen-bond donors (Lipinski definition) is 3. The van der Waals surface area contributed by atoms with Gasteiger partial charge in [0.05, 0.1) is 18.8 Å². The molecule has 0 bridgehead atoms. The van der Waals surface area contributed by atoms with Crippen molar-refractivity contribution in [2.75, 3.05) is 6.61 Å². The van der Waals surface area contributed by atoms with Gasteiger partial charge in [-0.05, 0) is 64.2 Å². The van der Waals surface area contributed by atoms with Crippen molar-refractivity contribution < 1.29 is 15.0 Å². The fourth-order valence-electron chi connectivity index (χ4n) is 3.67. The highest BCUT2D eigenvalue weighted by Gasteiger charge is 2.17. The molecule has 210 valence electrons. The van der Waals surface area contributed by atoms with Gasteiger partial charge in [-0.3, -0.25) is 4.79 Å². The van der Waals surface area contributed by atoms with Crippen LogP contribution < -0.4 is 5.32 Å². The van der Waals surface area contributed by atoms with Gasteiger partial charge in [0.25, 0.3) is 0 Å². The van der Waals surface area contributed by atoms with E-state index in [0.717, 1.165) is 70.6 Å². The van der Waals surface area contributed by atoms with Gasteiger partial charge < -0.3 is 15.5 Å². The molecule has 4 heteroatoms. The lowest BCUT2D eigenvalue weighted by Gasteiger charge is -2.19.